The molecule has 0 bridgehead atoms. The Balaban J connectivity index is 1.92. The van der Waals surface area contributed by atoms with Gasteiger partial charge in [-0.15, -0.1) is 0 Å². The highest BCUT2D eigenvalue weighted by molar-refractivity contribution is 5.78. The second-order valence-electron chi connectivity index (χ2n) is 5.72. The van der Waals surface area contributed by atoms with Crippen LogP contribution in [-0.4, -0.2) is 30.0 Å². The fourth-order valence-electron chi connectivity index (χ4n) is 2.12. The molecule has 3 nitrogen and oxygen atoms in total. The van der Waals surface area contributed by atoms with Gasteiger partial charge >= 0.3 is 0 Å². The van der Waals surface area contributed by atoms with Crippen LogP contribution in [0.2, 0.25) is 0 Å². The zero-order valence-electron chi connectivity index (χ0n) is 10.00. The SMILES string of the molecule is CC1(C)CCCN(C(N)=NC2CC2)CC1. The summed E-state index contributed by atoms with van der Waals surface area (Å²) in [6, 6.07) is 0.543. The molecule has 0 spiro atoms. The van der Waals surface area contributed by atoms with E-state index in [1.165, 1.54) is 32.1 Å². The lowest BCUT2D eigenvalue weighted by Crippen LogP contribution is -2.38. The Labute approximate surface area is 92.7 Å². The second-order valence-corrected chi connectivity index (χ2v) is 5.72. The number of hydrogen-bond acceptors (Lipinski definition) is 1. The minimum Gasteiger partial charge on any atom is -0.370 e. The van der Waals surface area contributed by atoms with E-state index in [0.29, 0.717) is 11.5 Å². The van der Waals surface area contributed by atoms with Crippen LogP contribution >= 0.6 is 0 Å². The number of nitrogens with two attached hydrogens (primary N) is 1. The number of nitrogens with zero attached hydrogens (tertiary/aromatic N) is 2. The number of guanidine groups is 1. The molecule has 1 saturated carbocycles. The van der Waals surface area contributed by atoms with Crippen molar-refractivity contribution in [3.05, 3.63) is 0 Å². The Morgan fingerprint density at radius 3 is 2.67 bits per heavy atom. The van der Waals surface area contributed by atoms with Crippen LogP contribution in [0.1, 0.15) is 46.0 Å². The molecule has 2 aliphatic rings. The molecule has 0 aromatic heterocycles. The van der Waals surface area contributed by atoms with E-state index in [2.05, 4.69) is 23.7 Å². The van der Waals surface area contributed by atoms with Crippen molar-refractivity contribution in [1.29, 1.82) is 0 Å². The van der Waals surface area contributed by atoms with E-state index in [4.69, 9.17) is 5.73 Å². The van der Waals surface area contributed by atoms with Crippen LogP contribution in [0, 0.1) is 5.41 Å². The maximum absolute atomic E-state index is 6.02. The first-order valence-corrected chi connectivity index (χ1v) is 6.15. The summed E-state index contributed by atoms with van der Waals surface area (Å²) in [6.45, 7) is 6.87. The van der Waals surface area contributed by atoms with Gasteiger partial charge in [-0.25, -0.2) is 4.99 Å². The molecule has 0 radical (unpaired) electrons. The monoisotopic (exact) mass is 209 g/mol. The molecule has 2 N–H and O–H groups in total. The molecule has 0 aromatic rings. The van der Waals surface area contributed by atoms with Gasteiger partial charge in [0.15, 0.2) is 5.96 Å². The van der Waals surface area contributed by atoms with Crippen molar-refractivity contribution in [1.82, 2.24) is 4.90 Å². The minimum atomic E-state index is 0.481. The second kappa shape index (κ2) is 4.03. The lowest BCUT2D eigenvalue weighted by atomic mass is 9.85. The van der Waals surface area contributed by atoms with Crippen molar-refractivity contribution in [3.63, 3.8) is 0 Å². The normalized spacial score (nSPS) is 27.6. The van der Waals surface area contributed by atoms with Crippen LogP contribution in [0.25, 0.3) is 0 Å². The van der Waals surface area contributed by atoms with E-state index in [9.17, 15) is 0 Å². The van der Waals surface area contributed by atoms with Crippen molar-refractivity contribution in [2.24, 2.45) is 16.1 Å². The predicted molar refractivity (Wildman–Crippen MR) is 63.8 cm³/mol. The number of aliphatic imine (C=N–C) groups is 1. The standard InChI is InChI=1S/C12H23N3/c1-12(2)6-3-8-15(9-7-12)11(13)14-10-4-5-10/h10H,3-9H2,1-2H3,(H2,13,14). The fraction of sp³-hybridized carbons (Fsp3) is 0.917. The first-order valence-electron chi connectivity index (χ1n) is 6.15. The van der Waals surface area contributed by atoms with Gasteiger partial charge in [-0.1, -0.05) is 13.8 Å². The average molecular weight is 209 g/mol. The summed E-state index contributed by atoms with van der Waals surface area (Å²) >= 11 is 0. The van der Waals surface area contributed by atoms with E-state index >= 15 is 0 Å². The van der Waals surface area contributed by atoms with E-state index in [0.717, 1.165) is 19.0 Å². The minimum absolute atomic E-state index is 0.481. The van der Waals surface area contributed by atoms with Crippen molar-refractivity contribution < 1.29 is 0 Å². The van der Waals surface area contributed by atoms with Crippen LogP contribution < -0.4 is 5.73 Å². The lowest BCUT2D eigenvalue weighted by Gasteiger charge is -2.24. The third-order valence-electron chi connectivity index (χ3n) is 3.53. The van der Waals surface area contributed by atoms with Crippen LogP contribution in [0.3, 0.4) is 0 Å². The summed E-state index contributed by atoms with van der Waals surface area (Å²) in [6.07, 6.45) is 6.25. The van der Waals surface area contributed by atoms with Gasteiger partial charge in [0.1, 0.15) is 0 Å². The van der Waals surface area contributed by atoms with E-state index in [1.54, 1.807) is 0 Å². The Hall–Kier alpha value is -0.730. The third kappa shape index (κ3) is 3.11. The number of hydrogen-bond donors (Lipinski definition) is 1. The fourth-order valence-corrected chi connectivity index (χ4v) is 2.12. The maximum Gasteiger partial charge on any atom is 0.191 e. The van der Waals surface area contributed by atoms with E-state index in [1.807, 2.05) is 0 Å². The highest BCUT2D eigenvalue weighted by Gasteiger charge is 2.25. The van der Waals surface area contributed by atoms with E-state index in [-0.39, 0.29) is 0 Å². The molecule has 0 amide bonds. The largest absolute Gasteiger partial charge is 0.370 e. The highest BCUT2D eigenvalue weighted by atomic mass is 15.3. The first-order chi connectivity index (χ1) is 7.07. The lowest BCUT2D eigenvalue weighted by molar-refractivity contribution is 0.313. The predicted octanol–water partition coefficient (Wildman–Crippen LogP) is 1.98. The molecular formula is C12H23N3. The van der Waals surface area contributed by atoms with Gasteiger partial charge in [-0.2, -0.15) is 0 Å². The molecule has 86 valence electrons. The molecule has 3 heteroatoms. The Kier molecular flexibility index (Phi) is 2.89. The van der Waals surface area contributed by atoms with Crippen molar-refractivity contribution >= 4 is 5.96 Å². The Morgan fingerprint density at radius 2 is 2.00 bits per heavy atom. The molecule has 1 aliphatic heterocycles. The van der Waals surface area contributed by atoms with Crippen molar-refractivity contribution in [3.8, 4) is 0 Å². The number of likely N-dealkylation sites (tertiary alicyclic amines) is 1. The van der Waals surface area contributed by atoms with Gasteiger partial charge in [0.25, 0.3) is 0 Å². The van der Waals surface area contributed by atoms with Crippen LogP contribution in [0.15, 0.2) is 4.99 Å². The summed E-state index contributed by atoms with van der Waals surface area (Å²) in [5.41, 5.74) is 6.50. The topological polar surface area (TPSA) is 41.6 Å². The van der Waals surface area contributed by atoms with Gasteiger partial charge in [0.05, 0.1) is 6.04 Å². The van der Waals surface area contributed by atoms with Crippen LogP contribution in [0.4, 0.5) is 0 Å². The molecule has 1 saturated heterocycles. The third-order valence-corrected chi connectivity index (χ3v) is 3.53. The smallest absolute Gasteiger partial charge is 0.191 e. The summed E-state index contributed by atoms with van der Waals surface area (Å²) in [5, 5.41) is 0. The summed E-state index contributed by atoms with van der Waals surface area (Å²) in [7, 11) is 0. The molecule has 1 heterocycles. The zero-order chi connectivity index (χ0) is 10.9. The quantitative estimate of drug-likeness (QED) is 0.530. The molecule has 0 atom stereocenters. The molecule has 15 heavy (non-hydrogen) atoms. The summed E-state index contributed by atoms with van der Waals surface area (Å²) in [5.74, 6) is 0.787. The summed E-state index contributed by atoms with van der Waals surface area (Å²) in [4.78, 5) is 6.79. The first kappa shape index (κ1) is 10.8. The van der Waals surface area contributed by atoms with E-state index < -0.39 is 0 Å². The molecule has 1 aliphatic carbocycles. The average Bonchev–Trinajstić information content (AvgIpc) is 2.93. The molecule has 0 unspecified atom stereocenters. The molecule has 2 fully saturated rings. The maximum atomic E-state index is 6.02. The van der Waals surface area contributed by atoms with Crippen molar-refractivity contribution in [2.75, 3.05) is 13.1 Å². The van der Waals surface area contributed by atoms with Gasteiger partial charge in [-0.3, -0.25) is 0 Å². The molecular weight excluding hydrogens is 186 g/mol. The van der Waals surface area contributed by atoms with Crippen LogP contribution in [0.5, 0.6) is 0 Å². The zero-order valence-corrected chi connectivity index (χ0v) is 10.00. The van der Waals surface area contributed by atoms with Gasteiger partial charge < -0.3 is 10.6 Å². The van der Waals surface area contributed by atoms with Gasteiger partial charge in [-0.05, 0) is 37.5 Å². The number of rotatable bonds is 1. The Morgan fingerprint density at radius 1 is 1.27 bits per heavy atom. The Bertz CT molecular complexity index is 254. The van der Waals surface area contributed by atoms with Crippen LogP contribution in [-0.2, 0) is 0 Å². The summed E-state index contributed by atoms with van der Waals surface area (Å²) < 4.78 is 0. The molecule has 0 aromatic carbocycles. The molecule has 2 rings (SSSR count). The van der Waals surface area contributed by atoms with Gasteiger partial charge in [0.2, 0.25) is 0 Å². The van der Waals surface area contributed by atoms with Gasteiger partial charge in [0, 0.05) is 13.1 Å². The van der Waals surface area contributed by atoms with Crippen molar-refractivity contribution in [2.45, 2.75) is 52.0 Å². The highest BCUT2D eigenvalue weighted by Crippen LogP contribution is 2.30.